The van der Waals surface area contributed by atoms with Crippen LogP contribution < -0.4 is 5.32 Å². The Kier molecular flexibility index (Phi) is 3.91. The number of thiazole rings is 1. The fraction of sp³-hybridized carbons (Fsp3) is 0.143. The zero-order valence-corrected chi connectivity index (χ0v) is 13.4. The van der Waals surface area contributed by atoms with Crippen molar-refractivity contribution in [2.75, 3.05) is 5.32 Å². The molecule has 0 saturated heterocycles. The lowest BCUT2D eigenvalue weighted by Crippen LogP contribution is -2.13. The number of nitrogens with one attached hydrogen (secondary N) is 1. The fourth-order valence-corrected chi connectivity index (χ4v) is 3.13. The summed E-state index contributed by atoms with van der Waals surface area (Å²) in [6.45, 7) is 1.86. The van der Waals surface area contributed by atoms with Crippen LogP contribution in [0.5, 0.6) is 0 Å². The van der Waals surface area contributed by atoms with Crippen molar-refractivity contribution < 1.29 is 4.79 Å². The van der Waals surface area contributed by atoms with Gasteiger partial charge in [-0.05, 0) is 19.1 Å². The number of aryl methyl sites for hydroxylation is 2. The zero-order valence-electron chi connectivity index (χ0n) is 11.9. The van der Waals surface area contributed by atoms with E-state index in [0.29, 0.717) is 15.7 Å². The van der Waals surface area contributed by atoms with Gasteiger partial charge in [-0.2, -0.15) is 5.10 Å². The summed E-state index contributed by atoms with van der Waals surface area (Å²) < 4.78 is 1.60. The predicted octanol–water partition coefficient (Wildman–Crippen LogP) is 3.15. The summed E-state index contributed by atoms with van der Waals surface area (Å²) in [5, 5.41) is 7.80. The molecule has 3 rings (SSSR count). The number of aromatic nitrogens is 4. The van der Waals surface area contributed by atoms with Crippen LogP contribution in [0.2, 0.25) is 5.15 Å². The summed E-state index contributed by atoms with van der Waals surface area (Å²) in [5.74, 6) is 0.301. The Labute approximate surface area is 135 Å². The van der Waals surface area contributed by atoms with Gasteiger partial charge in [0.05, 0.1) is 5.69 Å². The molecule has 3 aromatic heterocycles. The van der Waals surface area contributed by atoms with E-state index in [-0.39, 0.29) is 11.1 Å². The van der Waals surface area contributed by atoms with Gasteiger partial charge in [0.1, 0.15) is 15.7 Å². The minimum absolute atomic E-state index is 0.181. The molecule has 0 fully saturated rings. The summed E-state index contributed by atoms with van der Waals surface area (Å²) in [6.07, 6.45) is 3.36. The van der Waals surface area contributed by atoms with Gasteiger partial charge in [-0.15, -0.1) is 11.3 Å². The largest absolute Gasteiger partial charge is 0.306 e. The van der Waals surface area contributed by atoms with Crippen molar-refractivity contribution in [3.05, 3.63) is 46.3 Å². The highest BCUT2D eigenvalue weighted by atomic mass is 35.5. The Morgan fingerprint density at radius 1 is 1.45 bits per heavy atom. The molecule has 0 aliphatic carbocycles. The van der Waals surface area contributed by atoms with E-state index in [9.17, 15) is 4.79 Å². The number of hydrogen-bond donors (Lipinski definition) is 1. The highest BCUT2D eigenvalue weighted by Gasteiger charge is 2.19. The molecule has 0 aliphatic heterocycles. The second kappa shape index (κ2) is 5.86. The van der Waals surface area contributed by atoms with Gasteiger partial charge in [-0.3, -0.25) is 14.5 Å². The molecule has 8 heteroatoms. The molecule has 0 aromatic carbocycles. The van der Waals surface area contributed by atoms with Crippen molar-refractivity contribution >= 4 is 34.7 Å². The van der Waals surface area contributed by atoms with Crippen molar-refractivity contribution in [2.24, 2.45) is 7.05 Å². The third kappa shape index (κ3) is 2.86. The summed E-state index contributed by atoms with van der Waals surface area (Å²) in [4.78, 5) is 21.0. The lowest BCUT2D eigenvalue weighted by molar-refractivity contribution is 0.102. The van der Waals surface area contributed by atoms with Crippen LogP contribution in [-0.2, 0) is 7.05 Å². The van der Waals surface area contributed by atoms with Crippen molar-refractivity contribution in [2.45, 2.75) is 6.92 Å². The summed E-state index contributed by atoms with van der Waals surface area (Å²) in [7, 11) is 1.76. The molecule has 6 nitrogen and oxygen atoms in total. The minimum atomic E-state index is -0.305. The van der Waals surface area contributed by atoms with E-state index < -0.39 is 0 Å². The fourth-order valence-electron chi connectivity index (χ4n) is 1.95. The Morgan fingerprint density at radius 3 is 2.91 bits per heavy atom. The van der Waals surface area contributed by atoms with Gasteiger partial charge in [0, 0.05) is 31.1 Å². The second-order valence-corrected chi connectivity index (χ2v) is 5.99. The van der Waals surface area contributed by atoms with Crippen LogP contribution in [0.3, 0.4) is 0 Å². The van der Waals surface area contributed by atoms with E-state index in [0.717, 1.165) is 11.3 Å². The third-order valence-corrected chi connectivity index (χ3v) is 4.43. The first kappa shape index (κ1) is 14.7. The number of carbonyl (C=O) groups is 1. The van der Waals surface area contributed by atoms with Crippen LogP contribution in [0.15, 0.2) is 30.6 Å². The minimum Gasteiger partial charge on any atom is -0.306 e. The maximum absolute atomic E-state index is 12.4. The average Bonchev–Trinajstić information content (AvgIpc) is 3.03. The molecule has 0 saturated carbocycles. The Hall–Kier alpha value is -2.25. The average molecular weight is 334 g/mol. The maximum Gasteiger partial charge on any atom is 0.270 e. The molecule has 0 unspecified atom stereocenters. The van der Waals surface area contributed by atoms with Gasteiger partial charge >= 0.3 is 0 Å². The second-order valence-electron chi connectivity index (χ2n) is 4.63. The molecule has 3 aromatic rings. The highest BCUT2D eigenvalue weighted by Crippen LogP contribution is 2.31. The molecule has 0 bridgehead atoms. The molecular weight excluding hydrogens is 322 g/mol. The van der Waals surface area contributed by atoms with Crippen LogP contribution in [0, 0.1) is 6.92 Å². The summed E-state index contributed by atoms with van der Waals surface area (Å²) >= 11 is 7.32. The molecule has 0 aliphatic rings. The van der Waals surface area contributed by atoms with Gasteiger partial charge in [-0.25, -0.2) is 4.98 Å². The van der Waals surface area contributed by atoms with Crippen LogP contribution in [0.25, 0.3) is 10.6 Å². The monoisotopic (exact) mass is 333 g/mol. The lowest BCUT2D eigenvalue weighted by atomic mass is 10.3. The molecule has 3 heterocycles. The van der Waals surface area contributed by atoms with E-state index in [1.807, 2.05) is 19.1 Å². The first-order chi connectivity index (χ1) is 10.5. The third-order valence-electron chi connectivity index (χ3n) is 2.94. The number of anilines is 1. The van der Waals surface area contributed by atoms with Crippen LogP contribution in [0.4, 0.5) is 5.82 Å². The lowest BCUT2D eigenvalue weighted by Gasteiger charge is -2.02. The standard InChI is InChI=1S/C14H12ClN5OS/c1-8-6-10(20(2)19-8)17-13(21)11-12(15)18-14(22-11)9-4-3-5-16-7-9/h3-7H,1-2H3,(H,17,21). The molecular formula is C14H12ClN5OS. The SMILES string of the molecule is Cc1cc(NC(=O)c2sc(-c3cccnc3)nc2Cl)n(C)n1. The van der Waals surface area contributed by atoms with E-state index in [2.05, 4.69) is 20.4 Å². The van der Waals surface area contributed by atoms with Crippen LogP contribution in [0.1, 0.15) is 15.4 Å². The van der Waals surface area contributed by atoms with Crippen LogP contribution in [-0.4, -0.2) is 25.7 Å². The summed E-state index contributed by atoms with van der Waals surface area (Å²) in [6, 6.07) is 5.46. The van der Waals surface area contributed by atoms with E-state index in [4.69, 9.17) is 11.6 Å². The topological polar surface area (TPSA) is 72.7 Å². The van der Waals surface area contributed by atoms with Gasteiger partial charge in [-0.1, -0.05) is 11.6 Å². The van der Waals surface area contributed by atoms with Crippen molar-refractivity contribution in [3.63, 3.8) is 0 Å². The van der Waals surface area contributed by atoms with Crippen LogP contribution >= 0.6 is 22.9 Å². The number of carbonyl (C=O) groups excluding carboxylic acids is 1. The van der Waals surface area contributed by atoms with E-state index >= 15 is 0 Å². The molecule has 0 spiro atoms. The first-order valence-corrected chi connectivity index (χ1v) is 7.63. The highest BCUT2D eigenvalue weighted by molar-refractivity contribution is 7.17. The van der Waals surface area contributed by atoms with Gasteiger partial charge < -0.3 is 5.32 Å². The normalized spacial score (nSPS) is 10.7. The van der Waals surface area contributed by atoms with Gasteiger partial charge in [0.25, 0.3) is 5.91 Å². The summed E-state index contributed by atoms with van der Waals surface area (Å²) in [5.41, 5.74) is 1.65. The zero-order chi connectivity index (χ0) is 15.7. The molecule has 1 amide bonds. The van der Waals surface area contributed by atoms with Crippen molar-refractivity contribution in [1.82, 2.24) is 19.7 Å². The van der Waals surface area contributed by atoms with E-state index in [1.165, 1.54) is 11.3 Å². The van der Waals surface area contributed by atoms with Gasteiger partial charge in [0.15, 0.2) is 5.15 Å². The smallest absolute Gasteiger partial charge is 0.270 e. The number of rotatable bonds is 3. The van der Waals surface area contributed by atoms with E-state index in [1.54, 1.807) is 30.2 Å². The Bertz CT molecular complexity index is 827. The number of halogens is 1. The Balaban J connectivity index is 1.87. The maximum atomic E-state index is 12.4. The molecule has 0 atom stereocenters. The molecule has 0 radical (unpaired) electrons. The number of hydrogen-bond acceptors (Lipinski definition) is 5. The van der Waals surface area contributed by atoms with Crippen molar-refractivity contribution in [3.8, 4) is 10.6 Å². The number of nitrogens with zero attached hydrogens (tertiary/aromatic N) is 4. The number of pyridine rings is 1. The van der Waals surface area contributed by atoms with Gasteiger partial charge in [0.2, 0.25) is 0 Å². The van der Waals surface area contributed by atoms with Crippen molar-refractivity contribution in [1.29, 1.82) is 0 Å². The number of amides is 1. The predicted molar refractivity (Wildman–Crippen MR) is 86.3 cm³/mol. The molecule has 22 heavy (non-hydrogen) atoms. The Morgan fingerprint density at radius 2 is 2.27 bits per heavy atom. The molecule has 112 valence electrons. The quantitative estimate of drug-likeness (QED) is 0.799. The molecule has 1 N–H and O–H groups in total. The first-order valence-electron chi connectivity index (χ1n) is 6.43.